The third-order valence-corrected chi connectivity index (χ3v) is 6.66. The summed E-state index contributed by atoms with van der Waals surface area (Å²) in [6.45, 7) is 2.21. The molecule has 2 fully saturated rings. The zero-order valence-electron chi connectivity index (χ0n) is 13.2. The second-order valence-corrected chi connectivity index (χ2v) is 8.47. The van der Waals surface area contributed by atoms with Crippen LogP contribution in [-0.4, -0.2) is 57.1 Å². The average molecular weight is 374 g/mol. The minimum atomic E-state index is -3.58. The van der Waals surface area contributed by atoms with Crippen molar-refractivity contribution in [2.45, 2.75) is 29.9 Å². The molecule has 0 aromatic heterocycles. The van der Waals surface area contributed by atoms with E-state index in [2.05, 4.69) is 0 Å². The normalized spacial score (nSPS) is 20.5. The standard InChI is InChI=1S/C16H20ClNO5S/c17-13-3-1-2-4-14(13)24(20,21)12-5-15(19)18-8-6-16(7-9-18)22-10-11-23-16/h1-4H,5-12H2. The number of rotatable bonds is 4. The molecule has 0 radical (unpaired) electrons. The number of amides is 1. The van der Waals surface area contributed by atoms with E-state index in [0.29, 0.717) is 39.1 Å². The second kappa shape index (κ2) is 7.00. The fourth-order valence-electron chi connectivity index (χ4n) is 3.07. The van der Waals surface area contributed by atoms with E-state index in [4.69, 9.17) is 21.1 Å². The minimum Gasteiger partial charge on any atom is -0.347 e. The second-order valence-electron chi connectivity index (χ2n) is 5.99. The fourth-order valence-corrected chi connectivity index (χ4v) is 4.87. The third kappa shape index (κ3) is 3.74. The van der Waals surface area contributed by atoms with Gasteiger partial charge in [0.25, 0.3) is 0 Å². The molecule has 0 saturated carbocycles. The van der Waals surface area contributed by atoms with Crippen LogP contribution in [-0.2, 0) is 24.1 Å². The average Bonchev–Trinajstić information content (AvgIpc) is 3.02. The van der Waals surface area contributed by atoms with Gasteiger partial charge < -0.3 is 14.4 Å². The van der Waals surface area contributed by atoms with Crippen molar-refractivity contribution < 1.29 is 22.7 Å². The first-order valence-electron chi connectivity index (χ1n) is 7.95. The maximum Gasteiger partial charge on any atom is 0.223 e. The highest BCUT2D eigenvalue weighted by molar-refractivity contribution is 7.91. The van der Waals surface area contributed by atoms with Crippen molar-refractivity contribution >= 4 is 27.3 Å². The highest BCUT2D eigenvalue weighted by atomic mass is 35.5. The highest BCUT2D eigenvalue weighted by Gasteiger charge is 2.40. The molecule has 2 aliphatic rings. The van der Waals surface area contributed by atoms with Gasteiger partial charge in [0.15, 0.2) is 15.6 Å². The molecule has 0 aliphatic carbocycles. The summed E-state index contributed by atoms with van der Waals surface area (Å²) in [5, 5.41) is 0.181. The van der Waals surface area contributed by atoms with Crippen molar-refractivity contribution in [2.24, 2.45) is 0 Å². The van der Waals surface area contributed by atoms with E-state index >= 15 is 0 Å². The summed E-state index contributed by atoms with van der Waals surface area (Å²) in [5.41, 5.74) is 0. The van der Waals surface area contributed by atoms with Gasteiger partial charge in [-0.3, -0.25) is 4.79 Å². The number of piperidine rings is 1. The number of ether oxygens (including phenoxy) is 2. The van der Waals surface area contributed by atoms with Crippen LogP contribution < -0.4 is 0 Å². The van der Waals surface area contributed by atoms with E-state index in [-0.39, 0.29) is 28.0 Å². The lowest BCUT2D eigenvalue weighted by molar-refractivity contribution is -0.187. The fraction of sp³-hybridized carbons (Fsp3) is 0.562. The zero-order valence-corrected chi connectivity index (χ0v) is 14.8. The molecule has 1 aromatic carbocycles. The van der Waals surface area contributed by atoms with Crippen LogP contribution in [0.3, 0.4) is 0 Å². The summed E-state index contributed by atoms with van der Waals surface area (Å²) >= 11 is 5.94. The quantitative estimate of drug-likeness (QED) is 0.805. The van der Waals surface area contributed by atoms with Crippen LogP contribution in [0.2, 0.25) is 5.02 Å². The largest absolute Gasteiger partial charge is 0.347 e. The number of nitrogens with zero attached hydrogens (tertiary/aromatic N) is 1. The summed E-state index contributed by atoms with van der Waals surface area (Å²) in [7, 11) is -3.58. The van der Waals surface area contributed by atoms with Crippen LogP contribution >= 0.6 is 11.6 Å². The highest BCUT2D eigenvalue weighted by Crippen LogP contribution is 2.31. The summed E-state index contributed by atoms with van der Waals surface area (Å²) in [4.78, 5) is 14.1. The molecule has 1 spiro atoms. The van der Waals surface area contributed by atoms with Crippen molar-refractivity contribution in [3.63, 3.8) is 0 Å². The number of carbonyl (C=O) groups excluding carboxylic acids is 1. The van der Waals surface area contributed by atoms with Gasteiger partial charge in [0.05, 0.1) is 28.9 Å². The molecule has 8 heteroatoms. The first-order valence-corrected chi connectivity index (χ1v) is 9.98. The van der Waals surface area contributed by atoms with Gasteiger partial charge in [-0.05, 0) is 12.1 Å². The van der Waals surface area contributed by atoms with Crippen LogP contribution in [0, 0.1) is 0 Å². The number of sulfone groups is 1. The molecule has 2 aliphatic heterocycles. The van der Waals surface area contributed by atoms with E-state index in [1.54, 1.807) is 17.0 Å². The van der Waals surface area contributed by atoms with Gasteiger partial charge in [-0.2, -0.15) is 0 Å². The van der Waals surface area contributed by atoms with Crippen LogP contribution in [0.15, 0.2) is 29.2 Å². The Balaban J connectivity index is 1.55. The molecule has 1 aromatic rings. The van der Waals surface area contributed by atoms with E-state index in [0.717, 1.165) is 0 Å². The summed E-state index contributed by atoms with van der Waals surface area (Å²) in [6, 6.07) is 6.28. The van der Waals surface area contributed by atoms with Crippen LogP contribution in [0.25, 0.3) is 0 Å². The number of hydrogen-bond donors (Lipinski definition) is 0. The molecule has 0 atom stereocenters. The first kappa shape index (κ1) is 17.7. The Hall–Kier alpha value is -1.15. The Morgan fingerprint density at radius 1 is 1.17 bits per heavy atom. The van der Waals surface area contributed by atoms with Crippen LogP contribution in [0.5, 0.6) is 0 Å². The first-order chi connectivity index (χ1) is 11.4. The molecular formula is C16H20ClNO5S. The van der Waals surface area contributed by atoms with Crippen LogP contribution in [0.1, 0.15) is 19.3 Å². The summed E-state index contributed by atoms with van der Waals surface area (Å²) in [6.07, 6.45) is 1.19. The zero-order chi connectivity index (χ0) is 17.2. The van der Waals surface area contributed by atoms with Gasteiger partial charge in [0.1, 0.15) is 0 Å². The monoisotopic (exact) mass is 373 g/mol. The molecule has 1 amide bonds. The van der Waals surface area contributed by atoms with E-state index < -0.39 is 15.6 Å². The lowest BCUT2D eigenvalue weighted by atomic mass is 10.0. The maximum atomic E-state index is 12.3. The van der Waals surface area contributed by atoms with Gasteiger partial charge in [-0.15, -0.1) is 0 Å². The van der Waals surface area contributed by atoms with Gasteiger partial charge >= 0.3 is 0 Å². The van der Waals surface area contributed by atoms with Crippen molar-refractivity contribution in [1.82, 2.24) is 4.90 Å². The van der Waals surface area contributed by atoms with Crippen LogP contribution in [0.4, 0.5) is 0 Å². The lowest BCUT2D eigenvalue weighted by Crippen LogP contribution is -2.47. The van der Waals surface area contributed by atoms with Crippen molar-refractivity contribution in [3.8, 4) is 0 Å². The molecule has 24 heavy (non-hydrogen) atoms. The Morgan fingerprint density at radius 3 is 2.42 bits per heavy atom. The predicted octanol–water partition coefficient (Wildman–Crippen LogP) is 1.87. The number of hydrogen-bond acceptors (Lipinski definition) is 5. The summed E-state index contributed by atoms with van der Waals surface area (Å²) < 4.78 is 35.9. The Morgan fingerprint density at radius 2 is 1.79 bits per heavy atom. The summed E-state index contributed by atoms with van der Waals surface area (Å²) in [5.74, 6) is -0.955. The van der Waals surface area contributed by atoms with Crippen molar-refractivity contribution in [2.75, 3.05) is 32.1 Å². The smallest absolute Gasteiger partial charge is 0.223 e. The molecule has 2 saturated heterocycles. The van der Waals surface area contributed by atoms with Crippen molar-refractivity contribution in [3.05, 3.63) is 29.3 Å². The number of likely N-dealkylation sites (tertiary alicyclic amines) is 1. The number of benzene rings is 1. The molecule has 0 bridgehead atoms. The topological polar surface area (TPSA) is 72.9 Å². The maximum absolute atomic E-state index is 12.3. The molecule has 0 unspecified atom stereocenters. The van der Waals surface area contributed by atoms with E-state index in [9.17, 15) is 13.2 Å². The number of halogens is 1. The molecule has 0 N–H and O–H groups in total. The Bertz CT molecular complexity index is 705. The van der Waals surface area contributed by atoms with Gasteiger partial charge in [0, 0.05) is 32.4 Å². The molecule has 3 rings (SSSR count). The molecule has 132 valence electrons. The lowest BCUT2D eigenvalue weighted by Gasteiger charge is -2.37. The van der Waals surface area contributed by atoms with Gasteiger partial charge in [-0.1, -0.05) is 23.7 Å². The third-order valence-electron chi connectivity index (χ3n) is 4.45. The van der Waals surface area contributed by atoms with Gasteiger partial charge in [-0.25, -0.2) is 8.42 Å². The number of carbonyl (C=O) groups is 1. The predicted molar refractivity (Wildman–Crippen MR) is 88.6 cm³/mol. The SMILES string of the molecule is O=C(CCS(=O)(=O)c1ccccc1Cl)N1CCC2(CC1)OCCO2. The molecular weight excluding hydrogens is 354 g/mol. The Labute approximate surface area is 146 Å². The Kier molecular flexibility index (Phi) is 5.15. The van der Waals surface area contributed by atoms with Crippen molar-refractivity contribution in [1.29, 1.82) is 0 Å². The molecule has 6 nitrogen and oxygen atoms in total. The molecule has 2 heterocycles. The van der Waals surface area contributed by atoms with E-state index in [1.165, 1.54) is 12.1 Å². The van der Waals surface area contributed by atoms with E-state index in [1.807, 2.05) is 0 Å². The minimum absolute atomic E-state index is 0.0533. The van der Waals surface area contributed by atoms with Gasteiger partial charge in [0.2, 0.25) is 5.91 Å².